The Morgan fingerprint density at radius 3 is 2.47 bits per heavy atom. The fourth-order valence-corrected chi connectivity index (χ4v) is 1.84. The first-order chi connectivity index (χ1) is 8.10. The molecule has 0 atom stereocenters. The van der Waals surface area contributed by atoms with E-state index in [0.29, 0.717) is 14.9 Å². The van der Waals surface area contributed by atoms with Gasteiger partial charge in [0.25, 0.3) is 5.91 Å². The number of amides is 1. The maximum absolute atomic E-state index is 12.1. The lowest BCUT2D eigenvalue weighted by Gasteiger charge is -2.16. The number of benzene rings is 1. The predicted octanol–water partition coefficient (Wildman–Crippen LogP) is 2.23. The summed E-state index contributed by atoms with van der Waals surface area (Å²) in [5, 5.41) is 17.2. The highest BCUT2D eigenvalue weighted by molar-refractivity contribution is 9.10. The molecule has 0 N–H and O–H groups in total. The highest BCUT2D eigenvalue weighted by Gasteiger charge is 2.17. The number of carbonyl (C=O) groups is 1. The lowest BCUT2D eigenvalue weighted by Crippen LogP contribution is -2.32. The van der Waals surface area contributed by atoms with E-state index in [9.17, 15) is 4.79 Å². The van der Waals surface area contributed by atoms with Gasteiger partial charge < -0.3 is 4.90 Å². The Kier molecular flexibility index (Phi) is 5.02. The zero-order chi connectivity index (χ0) is 12.8. The molecule has 1 rings (SSSR count). The van der Waals surface area contributed by atoms with Gasteiger partial charge in [-0.2, -0.15) is 10.5 Å². The van der Waals surface area contributed by atoms with E-state index in [0.717, 1.165) is 0 Å². The highest BCUT2D eigenvalue weighted by Crippen LogP contribution is 2.21. The molecule has 0 heterocycles. The third-order valence-corrected chi connectivity index (χ3v) is 2.96. The fourth-order valence-electron chi connectivity index (χ4n) is 1.22. The van der Waals surface area contributed by atoms with Crippen molar-refractivity contribution in [3.05, 3.63) is 28.2 Å². The Balaban J connectivity index is 3.06. The van der Waals surface area contributed by atoms with Gasteiger partial charge in [-0.1, -0.05) is 0 Å². The number of hydrogen-bond acceptors (Lipinski definition) is 4. The molecule has 0 bridgehead atoms. The Bertz CT molecular complexity index is 502. The van der Waals surface area contributed by atoms with Crippen LogP contribution < -0.4 is 0 Å². The van der Waals surface area contributed by atoms with Crippen LogP contribution in [0.3, 0.4) is 0 Å². The zero-order valence-electron chi connectivity index (χ0n) is 8.72. The summed E-state index contributed by atoms with van der Waals surface area (Å²) in [6, 6.07) is 8.75. The van der Waals surface area contributed by atoms with Crippen molar-refractivity contribution in [3.8, 4) is 12.1 Å². The average molecular weight is 310 g/mol. The van der Waals surface area contributed by atoms with Crippen LogP contribution in [-0.4, -0.2) is 23.9 Å². The quantitative estimate of drug-likeness (QED) is 0.687. The minimum Gasteiger partial charge on any atom is -0.312 e. The molecule has 0 aromatic heterocycles. The van der Waals surface area contributed by atoms with E-state index in [-0.39, 0.29) is 19.0 Å². The Morgan fingerprint density at radius 1 is 1.35 bits per heavy atom. The number of rotatable bonds is 3. The largest absolute Gasteiger partial charge is 0.312 e. The molecule has 0 fully saturated rings. The van der Waals surface area contributed by atoms with Crippen molar-refractivity contribution in [2.75, 3.05) is 13.1 Å². The van der Waals surface area contributed by atoms with E-state index in [4.69, 9.17) is 10.5 Å². The summed E-state index contributed by atoms with van der Waals surface area (Å²) in [4.78, 5) is 13.9. The minimum absolute atomic E-state index is 0.115. The molecule has 0 saturated carbocycles. The van der Waals surface area contributed by atoms with Crippen molar-refractivity contribution in [3.63, 3.8) is 0 Å². The van der Waals surface area contributed by atoms with Gasteiger partial charge in [-0.25, -0.2) is 0 Å². The molecule has 0 radical (unpaired) electrons. The van der Waals surface area contributed by atoms with E-state index < -0.39 is 0 Å². The fraction of sp³-hybridized carbons (Fsp3) is 0.182. The summed E-state index contributed by atoms with van der Waals surface area (Å²) in [7, 11) is 0. The number of nitrogens with zero attached hydrogens (tertiary/aromatic N) is 3. The number of nitriles is 2. The molecule has 4 nitrogen and oxygen atoms in total. The minimum atomic E-state index is -0.365. The topological polar surface area (TPSA) is 67.9 Å². The third-order valence-electron chi connectivity index (χ3n) is 1.99. The summed E-state index contributed by atoms with van der Waals surface area (Å²) >= 11 is 7.40. The average Bonchev–Trinajstić information content (AvgIpc) is 2.31. The van der Waals surface area contributed by atoms with Crippen LogP contribution in [-0.2, 0) is 0 Å². The first-order valence-corrected chi connectivity index (χ1v) is 5.86. The summed E-state index contributed by atoms with van der Waals surface area (Å²) in [5.74, 6) is -0.365. The Morgan fingerprint density at radius 2 is 1.94 bits per heavy atom. The molecule has 0 aliphatic heterocycles. The lowest BCUT2D eigenvalue weighted by atomic mass is 10.2. The van der Waals surface area contributed by atoms with E-state index in [2.05, 4.69) is 28.6 Å². The molecular weight excluding hydrogens is 302 g/mol. The molecule has 86 valence electrons. The van der Waals surface area contributed by atoms with Gasteiger partial charge in [0.1, 0.15) is 13.1 Å². The molecule has 0 aliphatic carbocycles. The standard InChI is InChI=1S/C11H8BrN3OS/c12-10-2-1-8(17)7-9(10)11(16)15(5-3-13)6-4-14/h1-2,7,17H,5-6H2. The molecule has 0 spiro atoms. The monoisotopic (exact) mass is 309 g/mol. The normalized spacial score (nSPS) is 9.18. The van der Waals surface area contributed by atoms with Gasteiger partial charge in [0, 0.05) is 9.37 Å². The first kappa shape index (κ1) is 13.6. The van der Waals surface area contributed by atoms with Crippen molar-refractivity contribution in [1.82, 2.24) is 4.90 Å². The van der Waals surface area contributed by atoms with Gasteiger partial charge >= 0.3 is 0 Å². The molecule has 0 aliphatic rings. The van der Waals surface area contributed by atoms with Crippen LogP contribution in [0.5, 0.6) is 0 Å². The van der Waals surface area contributed by atoms with Gasteiger partial charge in [0.2, 0.25) is 0 Å². The van der Waals surface area contributed by atoms with Gasteiger partial charge in [-0.15, -0.1) is 12.6 Å². The number of thiol groups is 1. The number of halogens is 1. The predicted molar refractivity (Wildman–Crippen MR) is 68.5 cm³/mol. The molecule has 1 aromatic carbocycles. The van der Waals surface area contributed by atoms with Crippen molar-refractivity contribution in [2.45, 2.75) is 4.90 Å². The maximum Gasteiger partial charge on any atom is 0.256 e. The lowest BCUT2D eigenvalue weighted by molar-refractivity contribution is 0.0793. The van der Waals surface area contributed by atoms with E-state index in [1.165, 1.54) is 4.90 Å². The van der Waals surface area contributed by atoms with Crippen molar-refractivity contribution < 1.29 is 4.79 Å². The summed E-state index contributed by atoms with van der Waals surface area (Å²) in [6.07, 6.45) is 0. The van der Waals surface area contributed by atoms with Crippen molar-refractivity contribution in [1.29, 1.82) is 10.5 Å². The zero-order valence-corrected chi connectivity index (χ0v) is 11.2. The van der Waals surface area contributed by atoms with Crippen LogP contribution >= 0.6 is 28.6 Å². The molecular formula is C11H8BrN3OS. The molecule has 1 aromatic rings. The van der Waals surface area contributed by atoms with Crippen LogP contribution in [0.15, 0.2) is 27.6 Å². The van der Waals surface area contributed by atoms with Gasteiger partial charge in [0.05, 0.1) is 17.7 Å². The molecule has 0 saturated heterocycles. The molecule has 6 heteroatoms. The summed E-state index contributed by atoms with van der Waals surface area (Å²) in [5.41, 5.74) is 0.392. The molecule has 1 amide bonds. The van der Waals surface area contributed by atoms with Crippen LogP contribution in [0.4, 0.5) is 0 Å². The second-order valence-corrected chi connectivity index (χ2v) is 4.51. The van der Waals surface area contributed by atoms with Crippen molar-refractivity contribution in [2.24, 2.45) is 0 Å². The van der Waals surface area contributed by atoms with Crippen LogP contribution in [0.1, 0.15) is 10.4 Å². The van der Waals surface area contributed by atoms with E-state index >= 15 is 0 Å². The highest BCUT2D eigenvalue weighted by atomic mass is 79.9. The Hall–Kier alpha value is -1.50. The second-order valence-electron chi connectivity index (χ2n) is 3.14. The first-order valence-electron chi connectivity index (χ1n) is 4.62. The molecule has 17 heavy (non-hydrogen) atoms. The van der Waals surface area contributed by atoms with Gasteiger partial charge in [-0.3, -0.25) is 4.79 Å². The van der Waals surface area contributed by atoms with Crippen LogP contribution in [0.25, 0.3) is 0 Å². The second kappa shape index (κ2) is 6.29. The number of hydrogen-bond donors (Lipinski definition) is 1. The van der Waals surface area contributed by atoms with Crippen molar-refractivity contribution >= 4 is 34.5 Å². The summed E-state index contributed by atoms with van der Waals surface area (Å²) in [6.45, 7) is -0.231. The smallest absolute Gasteiger partial charge is 0.256 e. The van der Waals surface area contributed by atoms with E-state index in [1.807, 2.05) is 12.1 Å². The van der Waals surface area contributed by atoms with Crippen LogP contribution in [0, 0.1) is 22.7 Å². The molecule has 0 unspecified atom stereocenters. The third kappa shape index (κ3) is 3.48. The summed E-state index contributed by atoms with van der Waals surface area (Å²) < 4.78 is 0.612. The van der Waals surface area contributed by atoms with Crippen LogP contribution in [0.2, 0.25) is 0 Å². The maximum atomic E-state index is 12.1. The van der Waals surface area contributed by atoms with Gasteiger partial charge in [0.15, 0.2) is 0 Å². The van der Waals surface area contributed by atoms with E-state index in [1.54, 1.807) is 18.2 Å². The SMILES string of the molecule is N#CCN(CC#N)C(=O)c1cc(S)ccc1Br. The van der Waals surface area contributed by atoms with Gasteiger partial charge in [-0.05, 0) is 34.1 Å². The number of carbonyl (C=O) groups excluding carboxylic acids is 1. The Labute approximate surface area is 113 Å².